The monoisotopic (exact) mass is 118 g/mol. The van der Waals surface area contributed by atoms with Crippen molar-refractivity contribution in [1.82, 2.24) is 10.9 Å². The average Bonchev–Trinajstić information content (AvgIpc) is 1.68. The number of aliphatic hydroxyl groups is 1. The van der Waals surface area contributed by atoms with Crippen LogP contribution in [0, 0.1) is 0 Å². The zero-order valence-electron chi connectivity index (χ0n) is 5.44. The lowest BCUT2D eigenvalue weighted by molar-refractivity contribution is 0.264. The van der Waals surface area contributed by atoms with E-state index in [2.05, 4.69) is 10.9 Å². The topological polar surface area (TPSA) is 44.3 Å². The first-order valence-electron chi connectivity index (χ1n) is 2.84. The van der Waals surface area contributed by atoms with Crippen molar-refractivity contribution < 1.29 is 5.11 Å². The third-order valence-corrected chi connectivity index (χ3v) is 0.953. The van der Waals surface area contributed by atoms with Crippen LogP contribution in [0.4, 0.5) is 0 Å². The second kappa shape index (κ2) is 5.03. The highest BCUT2D eigenvalue weighted by Gasteiger charge is 1.94. The maximum Gasteiger partial charge on any atom is 0.0446 e. The molecule has 0 aromatic heterocycles. The van der Waals surface area contributed by atoms with Crippen LogP contribution in [0.5, 0.6) is 0 Å². The van der Waals surface area contributed by atoms with E-state index in [9.17, 15) is 0 Å². The number of hydrazine groups is 1. The number of nitrogens with one attached hydrogen (secondary N) is 2. The van der Waals surface area contributed by atoms with Crippen LogP contribution in [0.15, 0.2) is 0 Å². The van der Waals surface area contributed by atoms with Crippen molar-refractivity contribution in [2.45, 2.75) is 19.4 Å². The molecule has 0 amide bonds. The SMILES string of the molecule is CNNC(C)CCO. The molecule has 0 aliphatic rings. The van der Waals surface area contributed by atoms with E-state index in [-0.39, 0.29) is 6.61 Å². The van der Waals surface area contributed by atoms with Gasteiger partial charge in [0.1, 0.15) is 0 Å². The second-order valence-corrected chi connectivity index (χ2v) is 1.81. The van der Waals surface area contributed by atoms with E-state index in [4.69, 9.17) is 5.11 Å². The van der Waals surface area contributed by atoms with Gasteiger partial charge in [-0.3, -0.25) is 10.9 Å². The molecule has 0 radical (unpaired) electrons. The van der Waals surface area contributed by atoms with Crippen LogP contribution < -0.4 is 10.9 Å². The molecule has 0 saturated carbocycles. The summed E-state index contributed by atoms with van der Waals surface area (Å²) in [4.78, 5) is 0. The largest absolute Gasteiger partial charge is 0.396 e. The van der Waals surface area contributed by atoms with Crippen molar-refractivity contribution in [2.75, 3.05) is 13.7 Å². The van der Waals surface area contributed by atoms with E-state index in [0.717, 1.165) is 6.42 Å². The van der Waals surface area contributed by atoms with Crippen LogP contribution in [0.1, 0.15) is 13.3 Å². The molecule has 0 bridgehead atoms. The van der Waals surface area contributed by atoms with Gasteiger partial charge >= 0.3 is 0 Å². The van der Waals surface area contributed by atoms with Gasteiger partial charge in [0.2, 0.25) is 0 Å². The molecular formula is C5H14N2O. The lowest BCUT2D eigenvalue weighted by atomic mass is 10.3. The Bertz CT molecular complexity index is 43.7. The van der Waals surface area contributed by atoms with E-state index >= 15 is 0 Å². The van der Waals surface area contributed by atoms with Crippen molar-refractivity contribution in [3.8, 4) is 0 Å². The molecule has 0 aromatic rings. The van der Waals surface area contributed by atoms with E-state index < -0.39 is 0 Å². The van der Waals surface area contributed by atoms with Gasteiger partial charge in [-0.1, -0.05) is 0 Å². The molecule has 0 aliphatic carbocycles. The molecule has 0 aromatic carbocycles. The predicted molar refractivity (Wildman–Crippen MR) is 33.4 cm³/mol. The Morgan fingerprint density at radius 2 is 2.25 bits per heavy atom. The molecule has 3 heteroatoms. The van der Waals surface area contributed by atoms with Crippen molar-refractivity contribution in [2.24, 2.45) is 0 Å². The summed E-state index contributed by atoms with van der Waals surface area (Å²) >= 11 is 0. The van der Waals surface area contributed by atoms with Crippen LogP contribution in [0.3, 0.4) is 0 Å². The molecule has 0 saturated heterocycles. The van der Waals surface area contributed by atoms with Gasteiger partial charge in [-0.2, -0.15) is 0 Å². The third kappa shape index (κ3) is 4.05. The van der Waals surface area contributed by atoms with Gasteiger partial charge in [0, 0.05) is 12.6 Å². The van der Waals surface area contributed by atoms with Gasteiger partial charge in [-0.25, -0.2) is 0 Å². The highest BCUT2D eigenvalue weighted by Crippen LogP contribution is 1.83. The Morgan fingerprint density at radius 3 is 2.62 bits per heavy atom. The van der Waals surface area contributed by atoms with Crippen molar-refractivity contribution in [3.05, 3.63) is 0 Å². The van der Waals surface area contributed by atoms with E-state index in [1.165, 1.54) is 0 Å². The normalized spacial score (nSPS) is 13.9. The van der Waals surface area contributed by atoms with E-state index in [1.807, 2.05) is 14.0 Å². The first-order valence-corrected chi connectivity index (χ1v) is 2.84. The molecule has 50 valence electrons. The summed E-state index contributed by atoms with van der Waals surface area (Å²) in [6.45, 7) is 2.25. The van der Waals surface area contributed by atoms with Crippen LogP contribution >= 0.6 is 0 Å². The van der Waals surface area contributed by atoms with Gasteiger partial charge in [0.15, 0.2) is 0 Å². The molecule has 3 nitrogen and oxygen atoms in total. The fourth-order valence-electron chi connectivity index (χ4n) is 0.512. The first-order chi connectivity index (χ1) is 3.81. The van der Waals surface area contributed by atoms with Gasteiger partial charge < -0.3 is 5.11 Å². The summed E-state index contributed by atoms with van der Waals surface area (Å²) in [6.07, 6.45) is 0.792. The Kier molecular flexibility index (Phi) is 4.95. The Labute approximate surface area is 50.1 Å². The zero-order chi connectivity index (χ0) is 6.41. The van der Waals surface area contributed by atoms with Gasteiger partial charge in [0.25, 0.3) is 0 Å². The highest BCUT2D eigenvalue weighted by atomic mass is 16.3. The summed E-state index contributed by atoms with van der Waals surface area (Å²) in [5.41, 5.74) is 5.73. The molecule has 0 aliphatic heterocycles. The summed E-state index contributed by atoms with van der Waals surface area (Å²) < 4.78 is 0. The maximum absolute atomic E-state index is 8.40. The Morgan fingerprint density at radius 1 is 1.62 bits per heavy atom. The van der Waals surface area contributed by atoms with Crippen molar-refractivity contribution in [1.29, 1.82) is 0 Å². The fraction of sp³-hybridized carbons (Fsp3) is 1.00. The number of hydrogen-bond donors (Lipinski definition) is 3. The maximum atomic E-state index is 8.40. The molecular weight excluding hydrogens is 104 g/mol. The van der Waals surface area contributed by atoms with Gasteiger partial charge in [-0.05, 0) is 20.4 Å². The number of rotatable bonds is 4. The lowest BCUT2D eigenvalue weighted by Crippen LogP contribution is -2.36. The van der Waals surface area contributed by atoms with Crippen LogP contribution in [0.25, 0.3) is 0 Å². The minimum Gasteiger partial charge on any atom is -0.396 e. The van der Waals surface area contributed by atoms with Crippen molar-refractivity contribution in [3.63, 3.8) is 0 Å². The summed E-state index contributed by atoms with van der Waals surface area (Å²) in [5, 5.41) is 8.40. The van der Waals surface area contributed by atoms with E-state index in [1.54, 1.807) is 0 Å². The second-order valence-electron chi connectivity index (χ2n) is 1.81. The van der Waals surface area contributed by atoms with Gasteiger partial charge in [-0.15, -0.1) is 0 Å². The molecule has 8 heavy (non-hydrogen) atoms. The molecule has 0 spiro atoms. The molecule has 1 unspecified atom stereocenters. The summed E-state index contributed by atoms with van der Waals surface area (Å²) in [5.74, 6) is 0. The number of hydrogen-bond acceptors (Lipinski definition) is 3. The third-order valence-electron chi connectivity index (χ3n) is 0.953. The molecule has 0 heterocycles. The fourth-order valence-corrected chi connectivity index (χ4v) is 0.512. The predicted octanol–water partition coefficient (Wildman–Crippen LogP) is -0.519. The van der Waals surface area contributed by atoms with Crippen LogP contribution in [-0.4, -0.2) is 24.8 Å². The molecule has 0 rings (SSSR count). The quantitative estimate of drug-likeness (QED) is 0.435. The Hall–Kier alpha value is -0.120. The smallest absolute Gasteiger partial charge is 0.0446 e. The zero-order valence-corrected chi connectivity index (χ0v) is 5.44. The molecule has 1 atom stereocenters. The summed E-state index contributed by atoms with van der Waals surface area (Å²) in [7, 11) is 1.81. The minimum absolute atomic E-state index is 0.246. The standard InChI is InChI=1S/C5H14N2O/c1-5(3-4-8)7-6-2/h5-8H,3-4H2,1-2H3. The minimum atomic E-state index is 0.246. The van der Waals surface area contributed by atoms with E-state index in [0.29, 0.717) is 6.04 Å². The average molecular weight is 118 g/mol. The molecule has 0 fully saturated rings. The summed E-state index contributed by atoms with van der Waals surface area (Å²) in [6, 6.07) is 0.352. The highest BCUT2D eigenvalue weighted by molar-refractivity contribution is 4.53. The van der Waals surface area contributed by atoms with Crippen LogP contribution in [-0.2, 0) is 0 Å². The number of aliphatic hydroxyl groups excluding tert-OH is 1. The first kappa shape index (κ1) is 7.88. The van der Waals surface area contributed by atoms with Crippen LogP contribution in [0.2, 0.25) is 0 Å². The molecule has 3 N–H and O–H groups in total. The van der Waals surface area contributed by atoms with Gasteiger partial charge in [0.05, 0.1) is 0 Å². The van der Waals surface area contributed by atoms with Crippen molar-refractivity contribution >= 4 is 0 Å². The Balaban J connectivity index is 2.92. The lowest BCUT2D eigenvalue weighted by Gasteiger charge is -2.09.